The Hall–Kier alpha value is -0.240. The number of amides is 1. The minimum absolute atomic E-state index is 0.209. The Morgan fingerprint density at radius 3 is 2.67 bits per heavy atom. The van der Waals surface area contributed by atoms with Crippen molar-refractivity contribution in [3.8, 4) is 0 Å². The predicted octanol–water partition coefficient (Wildman–Crippen LogP) is 3.97. The monoisotopic (exact) mass is 273 g/mol. The fraction of sp³-hybridized carbons (Fsp3) is 0.933. The minimum atomic E-state index is 0.209. The Kier molecular flexibility index (Phi) is 7.73. The number of carbonyl (C=O) groups is 1. The molecule has 0 aromatic heterocycles. The van der Waals surface area contributed by atoms with Crippen LogP contribution in [0.2, 0.25) is 0 Å². The van der Waals surface area contributed by atoms with Crippen LogP contribution in [0.15, 0.2) is 0 Å². The lowest BCUT2D eigenvalue weighted by Gasteiger charge is -2.20. The average molecular weight is 274 g/mol. The quantitative estimate of drug-likeness (QED) is 0.666. The summed E-state index contributed by atoms with van der Waals surface area (Å²) in [6, 6.07) is 0. The number of nitrogens with one attached hydrogen (secondary N) is 1. The van der Waals surface area contributed by atoms with Crippen molar-refractivity contribution in [2.75, 3.05) is 12.4 Å². The molecule has 1 aliphatic carbocycles. The van der Waals surface area contributed by atoms with Crippen LogP contribution < -0.4 is 5.32 Å². The topological polar surface area (TPSA) is 29.1 Å². The van der Waals surface area contributed by atoms with Gasteiger partial charge in [-0.3, -0.25) is 4.79 Å². The van der Waals surface area contributed by atoms with E-state index in [1.165, 1.54) is 25.7 Å². The van der Waals surface area contributed by atoms with E-state index in [0.29, 0.717) is 11.8 Å². The molecule has 1 rings (SSSR count). The molecule has 0 radical (unpaired) electrons. The maximum atomic E-state index is 12.1. The molecule has 0 aromatic rings. The van der Waals surface area contributed by atoms with Gasteiger partial charge in [0, 0.05) is 18.3 Å². The molecule has 1 N–H and O–H groups in total. The first kappa shape index (κ1) is 15.8. The molecule has 3 heteroatoms. The lowest BCUT2D eigenvalue weighted by Crippen LogP contribution is -2.35. The second-order valence-electron chi connectivity index (χ2n) is 5.60. The highest BCUT2D eigenvalue weighted by atomic mass is 35.5. The molecule has 0 aliphatic heterocycles. The van der Waals surface area contributed by atoms with E-state index in [4.69, 9.17) is 11.6 Å². The molecule has 1 aliphatic rings. The number of alkyl halides is 1. The summed E-state index contributed by atoms with van der Waals surface area (Å²) in [5.41, 5.74) is 0. The van der Waals surface area contributed by atoms with Gasteiger partial charge < -0.3 is 5.32 Å². The molecule has 0 saturated heterocycles. The van der Waals surface area contributed by atoms with Gasteiger partial charge in [0.15, 0.2) is 0 Å². The van der Waals surface area contributed by atoms with Crippen molar-refractivity contribution in [1.29, 1.82) is 0 Å². The summed E-state index contributed by atoms with van der Waals surface area (Å²) in [5, 5.41) is 3.15. The van der Waals surface area contributed by atoms with Crippen molar-refractivity contribution in [2.45, 2.75) is 58.8 Å². The van der Waals surface area contributed by atoms with Crippen LogP contribution in [0.1, 0.15) is 58.8 Å². The summed E-state index contributed by atoms with van der Waals surface area (Å²) < 4.78 is 0. The van der Waals surface area contributed by atoms with Gasteiger partial charge in [0.1, 0.15) is 0 Å². The van der Waals surface area contributed by atoms with Crippen molar-refractivity contribution >= 4 is 17.5 Å². The molecule has 0 heterocycles. The predicted molar refractivity (Wildman–Crippen MR) is 77.9 cm³/mol. The van der Waals surface area contributed by atoms with Gasteiger partial charge in [-0.2, -0.15) is 0 Å². The Balaban J connectivity index is 2.30. The van der Waals surface area contributed by atoms with Gasteiger partial charge >= 0.3 is 0 Å². The Morgan fingerprint density at radius 1 is 1.33 bits per heavy atom. The van der Waals surface area contributed by atoms with E-state index < -0.39 is 0 Å². The number of hydrogen-bond acceptors (Lipinski definition) is 1. The van der Waals surface area contributed by atoms with Gasteiger partial charge in [0.05, 0.1) is 0 Å². The van der Waals surface area contributed by atoms with Crippen LogP contribution in [-0.4, -0.2) is 18.3 Å². The van der Waals surface area contributed by atoms with E-state index >= 15 is 0 Å². The molecular weight excluding hydrogens is 246 g/mol. The first-order valence-corrected chi connectivity index (χ1v) is 8.10. The number of unbranched alkanes of at least 4 members (excludes halogenated alkanes) is 1. The average Bonchev–Trinajstić information content (AvgIpc) is 2.84. The van der Waals surface area contributed by atoms with Crippen molar-refractivity contribution in [2.24, 2.45) is 17.8 Å². The Bertz CT molecular complexity index is 245. The largest absolute Gasteiger partial charge is 0.356 e. The normalized spacial score (nSPS) is 25.1. The number of halogens is 1. The van der Waals surface area contributed by atoms with Gasteiger partial charge in [-0.1, -0.05) is 33.1 Å². The third-order valence-electron chi connectivity index (χ3n) is 4.32. The summed E-state index contributed by atoms with van der Waals surface area (Å²) >= 11 is 5.96. The second-order valence-corrected chi connectivity index (χ2v) is 5.91. The zero-order chi connectivity index (χ0) is 13.4. The molecule has 106 valence electrons. The van der Waals surface area contributed by atoms with Crippen LogP contribution in [0.4, 0.5) is 0 Å². The molecule has 18 heavy (non-hydrogen) atoms. The van der Waals surface area contributed by atoms with E-state index in [0.717, 1.165) is 31.7 Å². The SMILES string of the molecule is CCCCC(CC)C(=O)NCC1CCCC1CCl. The molecule has 0 aromatic carbocycles. The van der Waals surface area contributed by atoms with Gasteiger partial charge in [-0.05, 0) is 37.5 Å². The molecule has 1 fully saturated rings. The first-order valence-electron chi connectivity index (χ1n) is 7.56. The maximum absolute atomic E-state index is 12.1. The zero-order valence-electron chi connectivity index (χ0n) is 11.9. The highest BCUT2D eigenvalue weighted by Gasteiger charge is 2.27. The minimum Gasteiger partial charge on any atom is -0.356 e. The summed E-state index contributed by atoms with van der Waals surface area (Å²) in [5.74, 6) is 2.43. The Labute approximate surface area is 117 Å². The molecular formula is C15H28ClNO. The van der Waals surface area contributed by atoms with Crippen molar-refractivity contribution in [3.63, 3.8) is 0 Å². The molecule has 3 unspecified atom stereocenters. The van der Waals surface area contributed by atoms with E-state index in [2.05, 4.69) is 19.2 Å². The van der Waals surface area contributed by atoms with E-state index in [1.807, 2.05) is 0 Å². The van der Waals surface area contributed by atoms with Crippen molar-refractivity contribution in [1.82, 2.24) is 5.32 Å². The lowest BCUT2D eigenvalue weighted by atomic mass is 9.96. The molecule has 1 saturated carbocycles. The standard InChI is InChI=1S/C15H28ClNO/c1-3-5-7-12(4-2)15(18)17-11-14-9-6-8-13(14)10-16/h12-14H,3-11H2,1-2H3,(H,17,18). The highest BCUT2D eigenvalue weighted by molar-refractivity contribution is 6.18. The van der Waals surface area contributed by atoms with E-state index in [-0.39, 0.29) is 11.8 Å². The molecule has 0 bridgehead atoms. The molecule has 3 atom stereocenters. The van der Waals surface area contributed by atoms with E-state index in [9.17, 15) is 4.79 Å². The van der Waals surface area contributed by atoms with Crippen molar-refractivity contribution < 1.29 is 4.79 Å². The van der Waals surface area contributed by atoms with Crippen LogP contribution in [-0.2, 0) is 4.79 Å². The summed E-state index contributed by atoms with van der Waals surface area (Å²) in [6.07, 6.45) is 8.03. The number of carbonyl (C=O) groups excluding carboxylic acids is 1. The van der Waals surface area contributed by atoms with Crippen LogP contribution in [0.5, 0.6) is 0 Å². The van der Waals surface area contributed by atoms with Crippen LogP contribution in [0, 0.1) is 17.8 Å². The van der Waals surface area contributed by atoms with Gasteiger partial charge in [-0.25, -0.2) is 0 Å². The van der Waals surface area contributed by atoms with Gasteiger partial charge in [0.2, 0.25) is 5.91 Å². The summed E-state index contributed by atoms with van der Waals surface area (Å²) in [4.78, 5) is 12.1. The number of rotatable bonds is 8. The first-order chi connectivity index (χ1) is 8.72. The highest BCUT2D eigenvalue weighted by Crippen LogP contribution is 2.32. The molecule has 1 amide bonds. The van der Waals surface area contributed by atoms with Crippen molar-refractivity contribution in [3.05, 3.63) is 0 Å². The maximum Gasteiger partial charge on any atom is 0.223 e. The summed E-state index contributed by atoms with van der Waals surface area (Å²) in [7, 11) is 0. The molecule has 2 nitrogen and oxygen atoms in total. The van der Waals surface area contributed by atoms with Gasteiger partial charge in [0.25, 0.3) is 0 Å². The van der Waals surface area contributed by atoms with Crippen LogP contribution in [0.25, 0.3) is 0 Å². The lowest BCUT2D eigenvalue weighted by molar-refractivity contribution is -0.125. The van der Waals surface area contributed by atoms with E-state index in [1.54, 1.807) is 0 Å². The summed E-state index contributed by atoms with van der Waals surface area (Å²) in [6.45, 7) is 5.12. The number of hydrogen-bond donors (Lipinski definition) is 1. The molecule has 0 spiro atoms. The fourth-order valence-electron chi connectivity index (χ4n) is 2.93. The second kappa shape index (κ2) is 8.79. The third kappa shape index (κ3) is 4.79. The fourth-order valence-corrected chi connectivity index (χ4v) is 3.34. The smallest absolute Gasteiger partial charge is 0.223 e. The van der Waals surface area contributed by atoms with Gasteiger partial charge in [-0.15, -0.1) is 11.6 Å². The van der Waals surface area contributed by atoms with Crippen LogP contribution in [0.3, 0.4) is 0 Å². The zero-order valence-corrected chi connectivity index (χ0v) is 12.6. The van der Waals surface area contributed by atoms with Crippen LogP contribution >= 0.6 is 11.6 Å². The third-order valence-corrected chi connectivity index (χ3v) is 4.72. The Morgan fingerprint density at radius 2 is 2.06 bits per heavy atom.